The third-order valence-electron chi connectivity index (χ3n) is 3.63. The molecule has 0 amide bonds. The van der Waals surface area contributed by atoms with Crippen molar-refractivity contribution in [3.05, 3.63) is 35.4 Å². The summed E-state index contributed by atoms with van der Waals surface area (Å²) in [6.45, 7) is 12.6. The third kappa shape index (κ3) is 6.63. The number of guanidine groups is 1. The second-order valence-corrected chi connectivity index (χ2v) is 5.56. The van der Waals surface area contributed by atoms with E-state index in [0.717, 1.165) is 32.1 Å². The predicted molar refractivity (Wildman–Crippen MR) is 91.8 cm³/mol. The quantitative estimate of drug-likeness (QED) is 0.598. The number of aliphatic imine (C=N–C) groups is 1. The fourth-order valence-electron chi connectivity index (χ4n) is 2.21. The van der Waals surface area contributed by atoms with E-state index in [1.54, 1.807) is 0 Å². The van der Waals surface area contributed by atoms with Crippen LogP contribution in [0.2, 0.25) is 0 Å². The first kappa shape index (κ1) is 17.5. The van der Waals surface area contributed by atoms with Gasteiger partial charge in [-0.3, -0.25) is 9.89 Å². The molecule has 0 bridgehead atoms. The van der Waals surface area contributed by atoms with Gasteiger partial charge in [0.2, 0.25) is 0 Å². The van der Waals surface area contributed by atoms with E-state index in [1.165, 1.54) is 11.1 Å². The molecule has 4 heteroatoms. The number of aryl methyl sites for hydroxylation is 1. The average Bonchev–Trinajstić information content (AvgIpc) is 2.48. The van der Waals surface area contributed by atoms with Crippen molar-refractivity contribution in [2.24, 2.45) is 4.99 Å². The smallest absolute Gasteiger partial charge is 0.191 e. The van der Waals surface area contributed by atoms with E-state index in [-0.39, 0.29) is 0 Å². The molecule has 0 heterocycles. The number of nitrogens with zero attached hydrogens (tertiary/aromatic N) is 2. The van der Waals surface area contributed by atoms with E-state index in [0.29, 0.717) is 6.04 Å². The van der Waals surface area contributed by atoms with Gasteiger partial charge in [-0.05, 0) is 32.9 Å². The Morgan fingerprint density at radius 2 is 1.86 bits per heavy atom. The minimum atomic E-state index is 0.583. The molecular formula is C17H30N4. The number of hydrogen-bond donors (Lipinski definition) is 2. The summed E-state index contributed by atoms with van der Waals surface area (Å²) in [6.07, 6.45) is 0. The molecule has 4 nitrogen and oxygen atoms in total. The summed E-state index contributed by atoms with van der Waals surface area (Å²) in [5, 5.41) is 6.71. The van der Waals surface area contributed by atoms with Crippen LogP contribution in [0.1, 0.15) is 31.9 Å². The van der Waals surface area contributed by atoms with Crippen LogP contribution in [0.5, 0.6) is 0 Å². The molecule has 1 aromatic carbocycles. The van der Waals surface area contributed by atoms with Gasteiger partial charge in [0, 0.05) is 32.7 Å². The van der Waals surface area contributed by atoms with Crippen LogP contribution in [-0.2, 0) is 6.54 Å². The van der Waals surface area contributed by atoms with Crippen LogP contribution in [0.4, 0.5) is 0 Å². The first-order valence-corrected chi connectivity index (χ1v) is 7.81. The van der Waals surface area contributed by atoms with E-state index >= 15 is 0 Å². The van der Waals surface area contributed by atoms with Gasteiger partial charge in [-0.15, -0.1) is 0 Å². The van der Waals surface area contributed by atoms with Crippen molar-refractivity contribution < 1.29 is 0 Å². The molecule has 0 spiro atoms. The van der Waals surface area contributed by atoms with Crippen molar-refractivity contribution in [2.75, 3.05) is 26.7 Å². The Morgan fingerprint density at radius 3 is 2.38 bits per heavy atom. The van der Waals surface area contributed by atoms with Crippen molar-refractivity contribution >= 4 is 5.96 Å². The molecule has 0 fully saturated rings. The van der Waals surface area contributed by atoms with Gasteiger partial charge in [-0.2, -0.15) is 0 Å². The Hall–Kier alpha value is -1.55. The van der Waals surface area contributed by atoms with Crippen LogP contribution in [0.3, 0.4) is 0 Å². The van der Waals surface area contributed by atoms with E-state index < -0.39 is 0 Å². The number of likely N-dealkylation sites (N-methyl/N-ethyl adjacent to an activating group) is 1. The SMILES string of the molecule is CCN(CCNC(=NC)NCc1ccc(C)cc1)C(C)C. The van der Waals surface area contributed by atoms with E-state index in [9.17, 15) is 0 Å². The number of nitrogens with one attached hydrogen (secondary N) is 2. The first-order chi connectivity index (χ1) is 10.1. The zero-order chi connectivity index (χ0) is 15.7. The van der Waals surface area contributed by atoms with Crippen molar-refractivity contribution in [1.29, 1.82) is 0 Å². The number of hydrogen-bond acceptors (Lipinski definition) is 2. The molecule has 0 aromatic heterocycles. The minimum Gasteiger partial charge on any atom is -0.355 e. The largest absolute Gasteiger partial charge is 0.355 e. The fourth-order valence-corrected chi connectivity index (χ4v) is 2.21. The Balaban J connectivity index is 2.34. The lowest BCUT2D eigenvalue weighted by Gasteiger charge is -2.25. The molecule has 118 valence electrons. The molecule has 0 saturated heterocycles. The van der Waals surface area contributed by atoms with E-state index in [2.05, 4.69) is 72.5 Å². The minimum absolute atomic E-state index is 0.583. The summed E-state index contributed by atoms with van der Waals surface area (Å²) in [7, 11) is 1.81. The Morgan fingerprint density at radius 1 is 1.19 bits per heavy atom. The molecule has 1 rings (SSSR count). The van der Waals surface area contributed by atoms with Crippen LogP contribution in [-0.4, -0.2) is 43.6 Å². The second kappa shape index (κ2) is 9.40. The van der Waals surface area contributed by atoms with Crippen molar-refractivity contribution in [3.63, 3.8) is 0 Å². The summed E-state index contributed by atoms with van der Waals surface area (Å²) in [4.78, 5) is 6.69. The van der Waals surface area contributed by atoms with Gasteiger partial charge >= 0.3 is 0 Å². The molecule has 0 aliphatic rings. The standard InChI is InChI=1S/C17H30N4/c1-6-21(14(2)3)12-11-19-17(18-5)20-13-16-9-7-15(4)8-10-16/h7-10,14H,6,11-13H2,1-5H3,(H2,18,19,20). The first-order valence-electron chi connectivity index (χ1n) is 7.81. The highest BCUT2D eigenvalue weighted by Crippen LogP contribution is 2.02. The molecule has 0 radical (unpaired) electrons. The van der Waals surface area contributed by atoms with Crippen LogP contribution >= 0.6 is 0 Å². The normalized spacial score (nSPS) is 12.0. The molecule has 0 saturated carbocycles. The fraction of sp³-hybridized carbons (Fsp3) is 0.588. The highest BCUT2D eigenvalue weighted by atomic mass is 15.2. The highest BCUT2D eigenvalue weighted by molar-refractivity contribution is 5.79. The molecule has 0 atom stereocenters. The Kier molecular flexibility index (Phi) is 7.83. The lowest BCUT2D eigenvalue weighted by Crippen LogP contribution is -2.42. The van der Waals surface area contributed by atoms with Crippen molar-refractivity contribution in [1.82, 2.24) is 15.5 Å². The summed E-state index contributed by atoms with van der Waals surface area (Å²) in [5.74, 6) is 0.857. The molecule has 1 aromatic rings. The molecule has 0 unspecified atom stereocenters. The summed E-state index contributed by atoms with van der Waals surface area (Å²) < 4.78 is 0. The van der Waals surface area contributed by atoms with Gasteiger partial charge in [0.25, 0.3) is 0 Å². The maximum atomic E-state index is 4.26. The van der Waals surface area contributed by atoms with Gasteiger partial charge in [0.15, 0.2) is 5.96 Å². The second-order valence-electron chi connectivity index (χ2n) is 5.56. The van der Waals surface area contributed by atoms with Crippen molar-refractivity contribution in [2.45, 2.75) is 40.3 Å². The zero-order valence-electron chi connectivity index (χ0n) is 14.1. The lowest BCUT2D eigenvalue weighted by atomic mass is 10.1. The van der Waals surface area contributed by atoms with Crippen LogP contribution in [0, 0.1) is 6.92 Å². The third-order valence-corrected chi connectivity index (χ3v) is 3.63. The van der Waals surface area contributed by atoms with Gasteiger partial charge in [-0.25, -0.2) is 0 Å². The van der Waals surface area contributed by atoms with Gasteiger partial charge < -0.3 is 10.6 Å². The summed E-state index contributed by atoms with van der Waals surface area (Å²) >= 11 is 0. The highest BCUT2D eigenvalue weighted by Gasteiger charge is 2.06. The number of benzene rings is 1. The maximum Gasteiger partial charge on any atom is 0.191 e. The summed E-state index contributed by atoms with van der Waals surface area (Å²) in [5.41, 5.74) is 2.55. The van der Waals surface area contributed by atoms with Crippen LogP contribution < -0.4 is 10.6 Å². The Labute approximate surface area is 129 Å². The van der Waals surface area contributed by atoms with Gasteiger partial charge in [-0.1, -0.05) is 36.8 Å². The van der Waals surface area contributed by atoms with E-state index in [1.807, 2.05) is 7.05 Å². The predicted octanol–water partition coefficient (Wildman–Crippen LogP) is 2.39. The number of rotatable bonds is 7. The average molecular weight is 290 g/mol. The molecular weight excluding hydrogens is 260 g/mol. The van der Waals surface area contributed by atoms with Crippen LogP contribution in [0.25, 0.3) is 0 Å². The zero-order valence-corrected chi connectivity index (χ0v) is 14.1. The van der Waals surface area contributed by atoms with Crippen LogP contribution in [0.15, 0.2) is 29.3 Å². The van der Waals surface area contributed by atoms with E-state index in [4.69, 9.17) is 0 Å². The topological polar surface area (TPSA) is 39.7 Å². The summed E-state index contributed by atoms with van der Waals surface area (Å²) in [6, 6.07) is 9.14. The molecule has 0 aliphatic heterocycles. The lowest BCUT2D eigenvalue weighted by molar-refractivity contribution is 0.237. The monoisotopic (exact) mass is 290 g/mol. The van der Waals surface area contributed by atoms with Crippen molar-refractivity contribution in [3.8, 4) is 0 Å². The maximum absolute atomic E-state index is 4.26. The molecule has 0 aliphatic carbocycles. The molecule has 21 heavy (non-hydrogen) atoms. The van der Waals surface area contributed by atoms with Gasteiger partial charge in [0.05, 0.1) is 0 Å². The Bertz CT molecular complexity index is 423. The molecule has 2 N–H and O–H groups in total. The van der Waals surface area contributed by atoms with Gasteiger partial charge in [0.1, 0.15) is 0 Å².